The van der Waals surface area contributed by atoms with Crippen molar-refractivity contribution in [3.05, 3.63) is 41.7 Å². The number of benzene rings is 1. The number of anilines is 1. The lowest BCUT2D eigenvalue weighted by Crippen LogP contribution is -2.02. The molecule has 17 heavy (non-hydrogen) atoms. The largest absolute Gasteiger partial charge is 0.383 e. The van der Waals surface area contributed by atoms with Gasteiger partial charge in [0.1, 0.15) is 23.8 Å². The normalized spacial score (nSPS) is 10.5. The van der Waals surface area contributed by atoms with Crippen molar-refractivity contribution in [2.24, 2.45) is 0 Å². The quantitative estimate of drug-likeness (QED) is 0.870. The van der Waals surface area contributed by atoms with E-state index in [2.05, 4.69) is 9.97 Å². The van der Waals surface area contributed by atoms with Gasteiger partial charge in [-0.05, 0) is 24.6 Å². The number of nitrogen functional groups attached to an aromatic ring is 1. The van der Waals surface area contributed by atoms with E-state index in [1.165, 1.54) is 6.33 Å². The Kier molecular flexibility index (Phi) is 2.99. The number of hydrogen-bond donors (Lipinski definition) is 1. The van der Waals surface area contributed by atoms with Crippen molar-refractivity contribution in [3.63, 3.8) is 0 Å². The van der Waals surface area contributed by atoms with Crippen LogP contribution in [0.1, 0.15) is 12.5 Å². The molecule has 0 spiro atoms. The monoisotopic (exact) mass is 235 g/mol. The molecule has 2 rings (SSSR count). The fourth-order valence-electron chi connectivity index (χ4n) is 1.69. The Morgan fingerprint density at radius 1 is 1.24 bits per heavy atom. The number of aromatic nitrogens is 2. The minimum atomic E-state index is -0.529. The van der Waals surface area contributed by atoms with E-state index >= 15 is 0 Å². The summed E-state index contributed by atoms with van der Waals surface area (Å²) in [6.45, 7) is 1.86. The summed E-state index contributed by atoms with van der Waals surface area (Å²) in [5.74, 6) is -0.749. The number of nitrogens with two attached hydrogens (primary N) is 1. The smallest absolute Gasteiger partial charge is 0.132 e. The molecular weight excluding hydrogens is 224 g/mol. The van der Waals surface area contributed by atoms with E-state index in [-0.39, 0.29) is 5.56 Å². The molecule has 1 aromatic carbocycles. The summed E-state index contributed by atoms with van der Waals surface area (Å²) in [4.78, 5) is 7.82. The van der Waals surface area contributed by atoms with E-state index in [0.717, 1.165) is 18.2 Å². The van der Waals surface area contributed by atoms with Crippen molar-refractivity contribution < 1.29 is 8.78 Å². The Balaban J connectivity index is 2.68. The Bertz CT molecular complexity index is 555. The summed E-state index contributed by atoms with van der Waals surface area (Å²) < 4.78 is 26.8. The molecule has 5 heteroatoms. The van der Waals surface area contributed by atoms with Gasteiger partial charge < -0.3 is 5.73 Å². The second kappa shape index (κ2) is 4.45. The third kappa shape index (κ3) is 2.08. The molecule has 88 valence electrons. The molecule has 0 aliphatic heterocycles. The molecule has 0 unspecified atom stereocenters. The summed E-state index contributed by atoms with van der Waals surface area (Å²) in [5.41, 5.74) is 6.76. The highest BCUT2D eigenvalue weighted by atomic mass is 19.1. The van der Waals surface area contributed by atoms with Gasteiger partial charge in [-0.25, -0.2) is 18.7 Å². The minimum absolute atomic E-state index is 0.107. The van der Waals surface area contributed by atoms with E-state index < -0.39 is 11.6 Å². The van der Waals surface area contributed by atoms with Crippen LogP contribution in [0.15, 0.2) is 24.5 Å². The van der Waals surface area contributed by atoms with Crippen molar-refractivity contribution in [2.45, 2.75) is 13.3 Å². The molecule has 0 aliphatic rings. The van der Waals surface area contributed by atoms with Crippen LogP contribution in [0.3, 0.4) is 0 Å². The first-order valence-corrected chi connectivity index (χ1v) is 5.18. The zero-order chi connectivity index (χ0) is 12.4. The fourth-order valence-corrected chi connectivity index (χ4v) is 1.69. The predicted molar refractivity (Wildman–Crippen MR) is 61.2 cm³/mol. The lowest BCUT2D eigenvalue weighted by molar-refractivity contribution is 0.602. The van der Waals surface area contributed by atoms with Crippen LogP contribution < -0.4 is 5.73 Å². The summed E-state index contributed by atoms with van der Waals surface area (Å²) in [6, 6.07) is 3.24. The second-order valence-electron chi connectivity index (χ2n) is 3.56. The lowest BCUT2D eigenvalue weighted by Gasteiger charge is -2.09. The molecule has 2 aromatic rings. The number of hydrogen-bond acceptors (Lipinski definition) is 3. The highest BCUT2D eigenvalue weighted by Crippen LogP contribution is 2.27. The van der Waals surface area contributed by atoms with Gasteiger partial charge in [0.25, 0.3) is 0 Å². The van der Waals surface area contributed by atoms with Crippen LogP contribution >= 0.6 is 0 Å². The number of halogens is 2. The first-order valence-electron chi connectivity index (χ1n) is 5.18. The molecular formula is C12H11F2N3. The van der Waals surface area contributed by atoms with E-state index in [0.29, 0.717) is 23.5 Å². The Hall–Kier alpha value is -2.04. The van der Waals surface area contributed by atoms with Crippen LogP contribution in [0.5, 0.6) is 0 Å². The average Bonchev–Trinajstić information content (AvgIpc) is 2.32. The van der Waals surface area contributed by atoms with Crippen molar-refractivity contribution in [1.29, 1.82) is 0 Å². The molecule has 1 heterocycles. The van der Waals surface area contributed by atoms with Crippen molar-refractivity contribution in [3.8, 4) is 11.3 Å². The van der Waals surface area contributed by atoms with Gasteiger partial charge >= 0.3 is 0 Å². The molecule has 0 saturated heterocycles. The van der Waals surface area contributed by atoms with E-state index in [1.54, 1.807) is 0 Å². The maximum atomic E-state index is 13.6. The molecule has 0 saturated carbocycles. The van der Waals surface area contributed by atoms with Crippen LogP contribution in [-0.2, 0) is 6.42 Å². The van der Waals surface area contributed by atoms with Crippen LogP contribution in [0, 0.1) is 11.6 Å². The van der Waals surface area contributed by atoms with Crippen LogP contribution in [-0.4, -0.2) is 9.97 Å². The van der Waals surface area contributed by atoms with Gasteiger partial charge in [-0.2, -0.15) is 0 Å². The molecule has 2 N–H and O–H groups in total. The van der Waals surface area contributed by atoms with Gasteiger partial charge in [0.15, 0.2) is 0 Å². The Labute approximate surface area is 97.3 Å². The summed E-state index contributed by atoms with van der Waals surface area (Å²) in [7, 11) is 0. The van der Waals surface area contributed by atoms with Crippen molar-refractivity contribution >= 4 is 5.82 Å². The highest BCUT2D eigenvalue weighted by molar-refractivity contribution is 5.67. The van der Waals surface area contributed by atoms with Crippen LogP contribution in [0.4, 0.5) is 14.6 Å². The van der Waals surface area contributed by atoms with Gasteiger partial charge in [0, 0.05) is 11.1 Å². The van der Waals surface area contributed by atoms with E-state index in [4.69, 9.17) is 5.73 Å². The Morgan fingerprint density at radius 2 is 2.00 bits per heavy atom. The molecule has 0 amide bonds. The third-order valence-electron chi connectivity index (χ3n) is 2.52. The zero-order valence-electron chi connectivity index (χ0n) is 9.24. The zero-order valence-corrected chi connectivity index (χ0v) is 9.24. The van der Waals surface area contributed by atoms with Crippen molar-refractivity contribution in [2.75, 3.05) is 5.73 Å². The summed E-state index contributed by atoms with van der Waals surface area (Å²) in [6.07, 6.45) is 1.80. The second-order valence-corrected chi connectivity index (χ2v) is 3.56. The van der Waals surface area contributed by atoms with Crippen LogP contribution in [0.2, 0.25) is 0 Å². The molecule has 0 bridgehead atoms. The molecule has 0 aliphatic carbocycles. The lowest BCUT2D eigenvalue weighted by atomic mass is 10.0. The first-order chi connectivity index (χ1) is 8.13. The number of nitrogens with zero attached hydrogens (tertiary/aromatic N) is 2. The third-order valence-corrected chi connectivity index (χ3v) is 2.52. The summed E-state index contributed by atoms with van der Waals surface area (Å²) in [5, 5.41) is 0. The van der Waals surface area contributed by atoms with Gasteiger partial charge in [0.05, 0.1) is 5.69 Å². The number of rotatable bonds is 2. The van der Waals surface area contributed by atoms with Gasteiger partial charge in [-0.15, -0.1) is 0 Å². The van der Waals surface area contributed by atoms with Gasteiger partial charge in [-0.3, -0.25) is 0 Å². The molecule has 3 nitrogen and oxygen atoms in total. The minimum Gasteiger partial charge on any atom is -0.383 e. The maximum Gasteiger partial charge on any atom is 0.132 e. The molecule has 0 radical (unpaired) electrons. The SMILES string of the molecule is CCc1c(N)ncnc1-c1cc(F)ccc1F. The fraction of sp³-hybridized carbons (Fsp3) is 0.167. The highest BCUT2D eigenvalue weighted by Gasteiger charge is 2.14. The molecule has 0 fully saturated rings. The van der Waals surface area contributed by atoms with Gasteiger partial charge in [-0.1, -0.05) is 6.92 Å². The van der Waals surface area contributed by atoms with Gasteiger partial charge in [0.2, 0.25) is 0 Å². The standard InChI is InChI=1S/C12H11F2N3/c1-2-8-11(16-6-17-12(8)15)9-5-7(13)3-4-10(9)14/h3-6H,2H2,1H3,(H2,15,16,17). The topological polar surface area (TPSA) is 51.8 Å². The average molecular weight is 235 g/mol. The maximum absolute atomic E-state index is 13.6. The van der Waals surface area contributed by atoms with E-state index in [1.807, 2.05) is 6.92 Å². The predicted octanol–water partition coefficient (Wildman–Crippen LogP) is 2.57. The first kappa shape index (κ1) is 11.4. The van der Waals surface area contributed by atoms with E-state index in [9.17, 15) is 8.78 Å². The molecule has 1 aromatic heterocycles. The Morgan fingerprint density at radius 3 is 2.71 bits per heavy atom. The van der Waals surface area contributed by atoms with Crippen LogP contribution in [0.25, 0.3) is 11.3 Å². The summed E-state index contributed by atoms with van der Waals surface area (Å²) >= 11 is 0. The van der Waals surface area contributed by atoms with Crippen molar-refractivity contribution in [1.82, 2.24) is 9.97 Å². The molecule has 0 atom stereocenters.